The normalized spacial score (nSPS) is 16.3. The Morgan fingerprint density at radius 1 is 1.28 bits per heavy atom. The molecule has 0 aliphatic carbocycles. The predicted octanol–water partition coefficient (Wildman–Crippen LogP) is 3.26. The number of aromatic nitrogens is 3. The van der Waals surface area contributed by atoms with Gasteiger partial charge in [0.05, 0.1) is 28.2 Å². The fraction of sp³-hybridized carbons (Fsp3) is 0.400. The summed E-state index contributed by atoms with van der Waals surface area (Å²) in [6, 6.07) is 0.0469. The van der Waals surface area contributed by atoms with Crippen LogP contribution < -0.4 is 16.0 Å². The number of aliphatic hydroxyl groups excluding tert-OH is 1. The molecule has 2 aromatic rings. The van der Waals surface area contributed by atoms with Crippen molar-refractivity contribution >= 4 is 63.5 Å². The summed E-state index contributed by atoms with van der Waals surface area (Å²) < 4.78 is 39.1. The van der Waals surface area contributed by atoms with Gasteiger partial charge in [-0.1, -0.05) is 35.0 Å². The lowest BCUT2D eigenvalue weighted by Crippen LogP contribution is -2.38. The van der Waals surface area contributed by atoms with Crippen molar-refractivity contribution in [1.29, 1.82) is 0 Å². The molecule has 0 spiro atoms. The molecule has 16 heteroatoms. The van der Waals surface area contributed by atoms with Gasteiger partial charge in [0, 0.05) is 19.3 Å². The highest BCUT2D eigenvalue weighted by molar-refractivity contribution is 8.15. The number of alkyl halides is 3. The number of aliphatic imine (C=N–C) groups is 1. The third-order valence-electron chi connectivity index (χ3n) is 4.73. The number of nitrogens with one attached hydrogen (secondary N) is 3. The molecule has 2 unspecified atom stereocenters. The molecule has 2 amide bonds. The number of pyridine rings is 1. The van der Waals surface area contributed by atoms with E-state index in [2.05, 4.69) is 35.9 Å². The highest BCUT2D eigenvalue weighted by Gasteiger charge is 2.35. The third-order valence-corrected chi connectivity index (χ3v) is 6.76. The molecule has 1 aliphatic rings. The van der Waals surface area contributed by atoms with Gasteiger partial charge in [0.1, 0.15) is 28.2 Å². The van der Waals surface area contributed by atoms with Crippen LogP contribution in [-0.4, -0.2) is 67.9 Å². The van der Waals surface area contributed by atoms with E-state index < -0.39 is 39.9 Å². The summed E-state index contributed by atoms with van der Waals surface area (Å²) in [6.45, 7) is 2.07. The van der Waals surface area contributed by atoms with Crippen molar-refractivity contribution in [3.05, 3.63) is 39.9 Å². The molecule has 4 N–H and O–H groups in total. The number of aliphatic hydroxyl groups is 1. The van der Waals surface area contributed by atoms with Gasteiger partial charge in [0.15, 0.2) is 5.69 Å². The topological polar surface area (TPSA) is 141 Å². The van der Waals surface area contributed by atoms with Gasteiger partial charge >= 0.3 is 6.18 Å². The molecule has 36 heavy (non-hydrogen) atoms. The van der Waals surface area contributed by atoms with E-state index >= 15 is 0 Å². The fourth-order valence-corrected chi connectivity index (χ4v) is 4.44. The van der Waals surface area contributed by atoms with Crippen molar-refractivity contribution < 1.29 is 27.9 Å². The number of hydrogen-bond donors (Lipinski definition) is 4. The maximum Gasteiger partial charge on any atom is 0.418 e. The van der Waals surface area contributed by atoms with Crippen molar-refractivity contribution in [2.45, 2.75) is 30.8 Å². The standard InChI is InChI=1S/C20H20Cl2F3N7O3S/c1-9(31-18(35)15-14(22)16(30-8-29-15)26-3-2-4-33)19-28-7-12(36-19)17(34)32-13-5-10(20(23,24)25)11(21)6-27-13/h5-6,8-9,12,33H,2-4,7H2,1H3,(H,31,35)(H,26,29,30)(H,27,32,34). The Balaban J connectivity index is 1.58. The zero-order chi connectivity index (χ0) is 26.5. The summed E-state index contributed by atoms with van der Waals surface area (Å²) in [5, 5.41) is 15.9. The van der Waals surface area contributed by atoms with Gasteiger partial charge in [-0.05, 0) is 19.4 Å². The smallest absolute Gasteiger partial charge is 0.396 e. The summed E-state index contributed by atoms with van der Waals surface area (Å²) in [5.41, 5.74) is -1.19. The first-order valence-electron chi connectivity index (χ1n) is 10.4. The van der Waals surface area contributed by atoms with Crippen LogP contribution in [0.2, 0.25) is 10.0 Å². The zero-order valence-corrected chi connectivity index (χ0v) is 20.9. The summed E-state index contributed by atoms with van der Waals surface area (Å²) in [5.74, 6) is -1.25. The molecule has 3 heterocycles. The lowest BCUT2D eigenvalue weighted by molar-refractivity contribution is -0.137. The Morgan fingerprint density at radius 3 is 2.72 bits per heavy atom. The molecule has 1 aliphatic heterocycles. The molecule has 0 aromatic carbocycles. The Hall–Kier alpha value is -2.68. The second kappa shape index (κ2) is 12.0. The number of thioether (sulfide) groups is 1. The third kappa shape index (κ3) is 6.96. The number of amides is 2. The summed E-state index contributed by atoms with van der Waals surface area (Å²) in [7, 11) is 0. The minimum atomic E-state index is -4.70. The summed E-state index contributed by atoms with van der Waals surface area (Å²) in [4.78, 5) is 41.1. The first-order chi connectivity index (χ1) is 17.0. The van der Waals surface area contributed by atoms with Crippen LogP contribution in [0.15, 0.2) is 23.6 Å². The van der Waals surface area contributed by atoms with Crippen LogP contribution in [-0.2, 0) is 11.0 Å². The minimum absolute atomic E-state index is 0.00657. The first kappa shape index (κ1) is 27.9. The molecule has 0 bridgehead atoms. The first-order valence-corrected chi connectivity index (χ1v) is 12.1. The largest absolute Gasteiger partial charge is 0.418 e. The zero-order valence-electron chi connectivity index (χ0n) is 18.6. The van der Waals surface area contributed by atoms with Crippen LogP contribution >= 0.6 is 35.0 Å². The van der Waals surface area contributed by atoms with Gasteiger partial charge in [-0.25, -0.2) is 15.0 Å². The van der Waals surface area contributed by atoms with Gasteiger partial charge in [0.25, 0.3) is 5.91 Å². The summed E-state index contributed by atoms with van der Waals surface area (Å²) >= 11 is 12.8. The number of halogens is 5. The number of anilines is 2. The molecule has 10 nitrogen and oxygen atoms in total. The number of nitrogens with zero attached hydrogens (tertiary/aromatic N) is 4. The Kier molecular flexibility index (Phi) is 9.33. The molecular weight excluding hydrogens is 546 g/mol. The van der Waals surface area contributed by atoms with Crippen LogP contribution in [0.25, 0.3) is 0 Å². The summed E-state index contributed by atoms with van der Waals surface area (Å²) in [6.07, 6.45) is -2.26. The lowest BCUT2D eigenvalue weighted by atomic mass is 10.2. The van der Waals surface area contributed by atoms with Crippen LogP contribution in [0.1, 0.15) is 29.4 Å². The highest BCUT2D eigenvalue weighted by Crippen LogP contribution is 2.35. The second-order valence-electron chi connectivity index (χ2n) is 7.41. The van der Waals surface area contributed by atoms with Crippen molar-refractivity contribution in [2.75, 3.05) is 30.3 Å². The van der Waals surface area contributed by atoms with Crippen molar-refractivity contribution in [3.63, 3.8) is 0 Å². The molecule has 3 rings (SSSR count). The number of carbonyl (C=O) groups excluding carboxylic acids is 2. The maximum atomic E-state index is 13.0. The Bertz CT molecular complexity index is 1170. The van der Waals surface area contributed by atoms with E-state index in [9.17, 15) is 22.8 Å². The van der Waals surface area contributed by atoms with E-state index in [4.69, 9.17) is 28.3 Å². The SMILES string of the molecule is CC(NC(=O)c1ncnc(NCCCO)c1Cl)C1=NCC(C(=O)Nc2cc(C(F)(F)F)c(Cl)cn2)S1. The van der Waals surface area contributed by atoms with Crippen LogP contribution in [0.3, 0.4) is 0 Å². The highest BCUT2D eigenvalue weighted by atomic mass is 35.5. The van der Waals surface area contributed by atoms with Gasteiger partial charge in [0.2, 0.25) is 5.91 Å². The molecule has 194 valence electrons. The average Bonchev–Trinajstić information content (AvgIpc) is 3.31. The van der Waals surface area contributed by atoms with Crippen LogP contribution in [0.5, 0.6) is 0 Å². The van der Waals surface area contributed by atoms with E-state index in [1.165, 1.54) is 6.33 Å². The number of hydrogen-bond acceptors (Lipinski definition) is 9. The monoisotopic (exact) mass is 565 g/mol. The Labute approximate surface area is 217 Å². The fourth-order valence-electron chi connectivity index (χ4n) is 2.96. The molecule has 2 aromatic heterocycles. The van der Waals surface area contributed by atoms with Crippen LogP contribution in [0.4, 0.5) is 24.8 Å². The van der Waals surface area contributed by atoms with E-state index in [0.29, 0.717) is 24.1 Å². The molecular formula is C20H20Cl2F3N7O3S. The quantitative estimate of drug-likeness (QED) is 0.339. The predicted molar refractivity (Wildman–Crippen MR) is 131 cm³/mol. The minimum Gasteiger partial charge on any atom is -0.396 e. The van der Waals surface area contributed by atoms with E-state index in [-0.39, 0.29) is 35.5 Å². The van der Waals surface area contributed by atoms with E-state index in [1.807, 2.05) is 0 Å². The molecule has 0 saturated carbocycles. The molecule has 0 radical (unpaired) electrons. The Morgan fingerprint density at radius 2 is 2.03 bits per heavy atom. The van der Waals surface area contributed by atoms with Crippen molar-refractivity contribution in [3.8, 4) is 0 Å². The van der Waals surface area contributed by atoms with E-state index in [0.717, 1.165) is 18.0 Å². The van der Waals surface area contributed by atoms with Gasteiger partial charge in [-0.3, -0.25) is 14.6 Å². The number of rotatable bonds is 9. The average molecular weight is 566 g/mol. The molecule has 0 fully saturated rings. The molecule has 0 saturated heterocycles. The number of carbonyl (C=O) groups is 2. The maximum absolute atomic E-state index is 13.0. The van der Waals surface area contributed by atoms with Crippen molar-refractivity contribution in [2.24, 2.45) is 4.99 Å². The van der Waals surface area contributed by atoms with Gasteiger partial charge in [-0.15, -0.1) is 0 Å². The molecule has 2 atom stereocenters. The van der Waals surface area contributed by atoms with Crippen molar-refractivity contribution in [1.82, 2.24) is 20.3 Å². The van der Waals surface area contributed by atoms with Gasteiger partial charge < -0.3 is 21.1 Å². The van der Waals surface area contributed by atoms with Crippen LogP contribution in [0, 0.1) is 0 Å². The lowest BCUT2D eigenvalue weighted by Gasteiger charge is -2.16. The second-order valence-corrected chi connectivity index (χ2v) is 9.41. The van der Waals surface area contributed by atoms with Gasteiger partial charge in [-0.2, -0.15) is 13.2 Å². The van der Waals surface area contributed by atoms with E-state index in [1.54, 1.807) is 6.92 Å².